The number of Topliss-reactive ketones (excluding diaryl/α,β-unsaturated/α-hetero) is 1. The Morgan fingerprint density at radius 1 is 1.13 bits per heavy atom. The summed E-state index contributed by atoms with van der Waals surface area (Å²) >= 11 is 0. The topological polar surface area (TPSA) is 133 Å². The average Bonchev–Trinajstić information content (AvgIpc) is 2.67. The number of hydrogen-bond acceptors (Lipinski definition) is 6. The highest BCUT2D eigenvalue weighted by Gasteiger charge is 2.24. The van der Waals surface area contributed by atoms with Crippen LogP contribution in [0.2, 0.25) is 0 Å². The van der Waals surface area contributed by atoms with Gasteiger partial charge in [0.25, 0.3) is 0 Å². The quantitative estimate of drug-likeness (QED) is 0.483. The lowest BCUT2D eigenvalue weighted by Gasteiger charge is -2.13. The minimum Gasteiger partial charge on any atom is -0.451 e. The van der Waals surface area contributed by atoms with Crippen molar-refractivity contribution in [3.8, 4) is 0 Å². The fraction of sp³-hybridized carbons (Fsp3) is 0.250. The minimum absolute atomic E-state index is 0.150. The van der Waals surface area contributed by atoms with Crippen LogP contribution in [0.3, 0.4) is 0 Å². The number of carbonyl (C=O) groups is 3. The van der Waals surface area contributed by atoms with Gasteiger partial charge in [-0.25, -0.2) is 22.7 Å². The molecule has 0 aliphatic rings. The summed E-state index contributed by atoms with van der Waals surface area (Å²) in [5, 5.41) is 7.66. The number of esters is 1. The van der Waals surface area contributed by atoms with Crippen molar-refractivity contribution in [2.45, 2.75) is 37.7 Å². The molecule has 0 aliphatic heterocycles. The van der Waals surface area contributed by atoms with Crippen molar-refractivity contribution < 1.29 is 31.9 Å². The summed E-state index contributed by atoms with van der Waals surface area (Å²) in [7, 11) is -4.15. The first-order chi connectivity index (χ1) is 14.0. The largest absolute Gasteiger partial charge is 0.451 e. The molecule has 0 heterocycles. The molecule has 0 fully saturated rings. The SMILES string of the molecule is CCCC(=O)Nc1ccc(C(=O)C(C)OC(=O)c2cc(S(N)(=O)=O)ccc2F)cc1. The maximum Gasteiger partial charge on any atom is 0.341 e. The van der Waals surface area contributed by atoms with Crippen molar-refractivity contribution in [2.75, 3.05) is 5.32 Å². The highest BCUT2D eigenvalue weighted by Crippen LogP contribution is 2.18. The van der Waals surface area contributed by atoms with E-state index < -0.39 is 44.2 Å². The van der Waals surface area contributed by atoms with Crippen molar-refractivity contribution >= 4 is 33.4 Å². The number of hydrogen-bond donors (Lipinski definition) is 2. The third kappa shape index (κ3) is 5.94. The van der Waals surface area contributed by atoms with E-state index >= 15 is 0 Å². The Morgan fingerprint density at radius 3 is 2.33 bits per heavy atom. The molecule has 160 valence electrons. The van der Waals surface area contributed by atoms with E-state index in [2.05, 4.69) is 5.32 Å². The number of carbonyl (C=O) groups excluding carboxylic acids is 3. The second-order valence-corrected chi connectivity index (χ2v) is 8.04. The summed E-state index contributed by atoms with van der Waals surface area (Å²) in [5.41, 5.74) is 0.0641. The summed E-state index contributed by atoms with van der Waals surface area (Å²) in [6.07, 6.45) is -0.196. The van der Waals surface area contributed by atoms with Gasteiger partial charge in [0.05, 0.1) is 10.5 Å². The molecule has 10 heteroatoms. The molecule has 0 radical (unpaired) electrons. The lowest BCUT2D eigenvalue weighted by atomic mass is 10.1. The van der Waals surface area contributed by atoms with E-state index in [1.807, 2.05) is 6.92 Å². The van der Waals surface area contributed by atoms with Gasteiger partial charge in [0, 0.05) is 17.7 Å². The Balaban J connectivity index is 2.10. The van der Waals surface area contributed by atoms with Gasteiger partial charge >= 0.3 is 5.97 Å². The Kier molecular flexibility index (Phi) is 7.41. The van der Waals surface area contributed by atoms with Gasteiger partial charge in [0.15, 0.2) is 6.10 Å². The van der Waals surface area contributed by atoms with Crippen LogP contribution in [0, 0.1) is 5.82 Å². The molecule has 8 nitrogen and oxygen atoms in total. The van der Waals surface area contributed by atoms with E-state index in [1.165, 1.54) is 31.2 Å². The van der Waals surface area contributed by atoms with Gasteiger partial charge < -0.3 is 10.1 Å². The highest BCUT2D eigenvalue weighted by molar-refractivity contribution is 7.89. The standard InChI is InChI=1S/C20H21FN2O6S/c1-3-4-18(24)23-14-7-5-13(6-8-14)19(25)12(2)29-20(26)16-11-15(30(22,27)28)9-10-17(16)21/h5-12H,3-4H2,1-2H3,(H,23,24)(H2,22,27,28). The number of primary sulfonamides is 1. The van der Waals surface area contributed by atoms with Gasteiger partial charge in [-0.05, 0) is 55.8 Å². The number of nitrogens with one attached hydrogen (secondary N) is 1. The van der Waals surface area contributed by atoms with Crippen molar-refractivity contribution in [2.24, 2.45) is 5.14 Å². The van der Waals surface area contributed by atoms with Gasteiger partial charge in [-0.1, -0.05) is 6.92 Å². The molecule has 1 amide bonds. The number of halogens is 1. The Labute approximate surface area is 173 Å². The van der Waals surface area contributed by atoms with E-state index in [4.69, 9.17) is 9.88 Å². The second kappa shape index (κ2) is 9.59. The number of amides is 1. The number of nitrogens with two attached hydrogens (primary N) is 1. The number of sulfonamides is 1. The summed E-state index contributed by atoms with van der Waals surface area (Å²) < 4.78 is 41.7. The fourth-order valence-corrected chi connectivity index (χ4v) is 3.06. The van der Waals surface area contributed by atoms with Gasteiger partial charge in [0.2, 0.25) is 21.7 Å². The Hall–Kier alpha value is -3.11. The summed E-state index contributed by atoms with van der Waals surface area (Å²) in [6, 6.07) is 8.41. The first kappa shape index (κ1) is 23.2. The predicted molar refractivity (Wildman–Crippen MR) is 107 cm³/mol. The third-order valence-electron chi connectivity index (χ3n) is 4.07. The monoisotopic (exact) mass is 436 g/mol. The molecule has 3 N–H and O–H groups in total. The molecule has 0 spiro atoms. The lowest BCUT2D eigenvalue weighted by molar-refractivity contribution is -0.116. The molecule has 2 aromatic carbocycles. The zero-order chi connectivity index (χ0) is 22.5. The van der Waals surface area contributed by atoms with Crippen molar-refractivity contribution in [1.82, 2.24) is 0 Å². The molecule has 2 rings (SSSR count). The number of anilines is 1. The first-order valence-electron chi connectivity index (χ1n) is 9.00. The fourth-order valence-electron chi connectivity index (χ4n) is 2.52. The van der Waals surface area contributed by atoms with Crippen LogP contribution < -0.4 is 10.5 Å². The van der Waals surface area contributed by atoms with Gasteiger partial charge in [-0.15, -0.1) is 0 Å². The molecule has 2 aromatic rings. The number of rotatable bonds is 8. The minimum atomic E-state index is -4.15. The van der Waals surface area contributed by atoms with E-state index in [9.17, 15) is 27.2 Å². The molecule has 0 saturated carbocycles. The third-order valence-corrected chi connectivity index (χ3v) is 4.98. The zero-order valence-electron chi connectivity index (χ0n) is 16.3. The predicted octanol–water partition coefficient (Wildman–Crippen LogP) is 2.64. The molecule has 0 aliphatic carbocycles. The summed E-state index contributed by atoms with van der Waals surface area (Å²) in [5.74, 6) is -2.93. The summed E-state index contributed by atoms with van der Waals surface area (Å²) in [6.45, 7) is 3.18. The lowest BCUT2D eigenvalue weighted by Crippen LogP contribution is -2.25. The maximum atomic E-state index is 13.9. The van der Waals surface area contributed by atoms with Gasteiger partial charge in [0.1, 0.15) is 5.82 Å². The molecule has 0 saturated heterocycles. The van der Waals surface area contributed by atoms with Gasteiger partial charge in [-0.2, -0.15) is 0 Å². The number of ether oxygens (including phenoxy) is 1. The van der Waals surface area contributed by atoms with E-state index in [-0.39, 0.29) is 11.5 Å². The second-order valence-electron chi connectivity index (χ2n) is 6.47. The van der Waals surface area contributed by atoms with Crippen LogP contribution in [0.5, 0.6) is 0 Å². The smallest absolute Gasteiger partial charge is 0.341 e. The van der Waals surface area contributed by atoms with Crippen LogP contribution >= 0.6 is 0 Å². The van der Waals surface area contributed by atoms with E-state index in [1.54, 1.807) is 0 Å². The average molecular weight is 436 g/mol. The highest BCUT2D eigenvalue weighted by atomic mass is 32.2. The van der Waals surface area contributed by atoms with Crippen LogP contribution in [0.1, 0.15) is 47.4 Å². The van der Waals surface area contributed by atoms with Crippen LogP contribution in [0.15, 0.2) is 47.4 Å². The molecule has 1 unspecified atom stereocenters. The molecular formula is C20H21FN2O6S. The number of ketones is 1. The first-order valence-corrected chi connectivity index (χ1v) is 10.5. The Bertz CT molecular complexity index is 1070. The van der Waals surface area contributed by atoms with Crippen LogP contribution in [-0.2, 0) is 19.6 Å². The van der Waals surface area contributed by atoms with E-state index in [0.29, 0.717) is 18.5 Å². The molecule has 1 atom stereocenters. The molecule has 0 aromatic heterocycles. The summed E-state index contributed by atoms with van der Waals surface area (Å²) in [4.78, 5) is 35.8. The number of benzene rings is 2. The van der Waals surface area contributed by atoms with Crippen molar-refractivity contribution in [3.05, 3.63) is 59.4 Å². The van der Waals surface area contributed by atoms with Crippen molar-refractivity contribution in [3.63, 3.8) is 0 Å². The van der Waals surface area contributed by atoms with Crippen LogP contribution in [0.4, 0.5) is 10.1 Å². The normalized spacial score (nSPS) is 12.1. The van der Waals surface area contributed by atoms with Crippen LogP contribution in [-0.4, -0.2) is 32.2 Å². The maximum absolute atomic E-state index is 13.9. The van der Waals surface area contributed by atoms with Crippen molar-refractivity contribution in [1.29, 1.82) is 0 Å². The molecule has 30 heavy (non-hydrogen) atoms. The van der Waals surface area contributed by atoms with Gasteiger partial charge in [-0.3, -0.25) is 9.59 Å². The molecule has 0 bridgehead atoms. The zero-order valence-corrected chi connectivity index (χ0v) is 17.2. The Morgan fingerprint density at radius 2 is 1.77 bits per heavy atom. The molecular weight excluding hydrogens is 415 g/mol. The van der Waals surface area contributed by atoms with E-state index in [0.717, 1.165) is 18.2 Å². The van der Waals surface area contributed by atoms with Crippen LogP contribution in [0.25, 0.3) is 0 Å².